The van der Waals surface area contributed by atoms with E-state index in [1.54, 1.807) is 12.1 Å². The highest BCUT2D eigenvalue weighted by Crippen LogP contribution is 2.52. The van der Waals surface area contributed by atoms with Crippen molar-refractivity contribution >= 4 is 0 Å². The summed E-state index contributed by atoms with van der Waals surface area (Å²) >= 11 is 0. The molecule has 0 bridgehead atoms. The maximum atomic E-state index is 12.9. The van der Waals surface area contributed by atoms with Gasteiger partial charge in [-0.2, -0.15) is 13.2 Å². The van der Waals surface area contributed by atoms with Gasteiger partial charge in [0.15, 0.2) is 0 Å². The third-order valence-corrected chi connectivity index (χ3v) is 3.37. The van der Waals surface area contributed by atoms with Crippen molar-refractivity contribution < 1.29 is 13.2 Å². The molecule has 1 aliphatic rings. The molecule has 0 radical (unpaired) electrons. The predicted molar refractivity (Wildman–Crippen MR) is 69.2 cm³/mol. The van der Waals surface area contributed by atoms with E-state index in [9.17, 15) is 13.2 Å². The number of hydrogen-bond donors (Lipinski definition) is 0. The maximum Gasteiger partial charge on any atom is 0.442 e. The molecule has 0 aliphatic carbocycles. The predicted octanol–water partition coefficient (Wildman–Crippen LogP) is 4.84. The summed E-state index contributed by atoms with van der Waals surface area (Å²) < 4.78 is 38.6. The van der Waals surface area contributed by atoms with E-state index >= 15 is 0 Å². The molecule has 0 fully saturated rings. The van der Waals surface area contributed by atoms with Crippen molar-refractivity contribution in [2.45, 2.75) is 18.8 Å². The van der Waals surface area contributed by atoms with E-state index in [4.69, 9.17) is 0 Å². The Kier molecular flexibility index (Phi) is 2.67. The fourth-order valence-electron chi connectivity index (χ4n) is 2.08. The van der Waals surface area contributed by atoms with Gasteiger partial charge in [0.25, 0.3) is 0 Å². The summed E-state index contributed by atoms with van der Waals surface area (Å²) in [4.78, 5) is 0. The fraction of sp³-hybridized carbons (Fsp3) is 0.200. The molecule has 20 heavy (non-hydrogen) atoms. The Hall–Kier alpha value is -2.17. The lowest BCUT2D eigenvalue weighted by Crippen LogP contribution is -2.29. The van der Waals surface area contributed by atoms with Crippen LogP contribution in [0.2, 0.25) is 0 Å². The van der Waals surface area contributed by atoms with Crippen molar-refractivity contribution in [3.8, 4) is 11.1 Å². The smallest absolute Gasteiger partial charge is 0.166 e. The number of rotatable bonds is 2. The number of benzene rings is 2. The summed E-state index contributed by atoms with van der Waals surface area (Å²) in [7, 11) is 0. The van der Waals surface area contributed by atoms with Crippen LogP contribution in [0.5, 0.6) is 0 Å². The summed E-state index contributed by atoms with van der Waals surface area (Å²) in [6.45, 7) is 1.98. The molecule has 2 nitrogen and oxygen atoms in total. The molecule has 0 unspecified atom stereocenters. The van der Waals surface area contributed by atoms with Crippen molar-refractivity contribution in [3.05, 3.63) is 59.7 Å². The second-order valence-corrected chi connectivity index (χ2v) is 4.81. The third kappa shape index (κ3) is 1.99. The molecule has 2 aromatic rings. The summed E-state index contributed by atoms with van der Waals surface area (Å²) in [6, 6.07) is 14.0. The Bertz CT molecular complexity index is 649. The Labute approximate surface area is 114 Å². The number of hydrogen-bond acceptors (Lipinski definition) is 2. The molecular formula is C15H11F3N2. The molecule has 102 valence electrons. The minimum Gasteiger partial charge on any atom is -0.166 e. The van der Waals surface area contributed by atoms with E-state index in [1.807, 2.05) is 31.2 Å². The van der Waals surface area contributed by atoms with Crippen LogP contribution in [0.3, 0.4) is 0 Å². The summed E-state index contributed by atoms with van der Waals surface area (Å²) in [5, 5.41) is 6.38. The van der Waals surface area contributed by atoms with Gasteiger partial charge in [-0.25, -0.2) is 0 Å². The Morgan fingerprint density at radius 1 is 0.800 bits per heavy atom. The van der Waals surface area contributed by atoms with Crippen LogP contribution in [0.25, 0.3) is 11.1 Å². The van der Waals surface area contributed by atoms with Crippen LogP contribution in [-0.4, -0.2) is 6.18 Å². The van der Waals surface area contributed by atoms with Crippen molar-refractivity contribution in [3.63, 3.8) is 0 Å². The lowest BCUT2D eigenvalue weighted by molar-refractivity contribution is -0.166. The summed E-state index contributed by atoms with van der Waals surface area (Å²) in [6.07, 6.45) is -4.47. The minimum atomic E-state index is -4.47. The van der Waals surface area contributed by atoms with Gasteiger partial charge in [0.1, 0.15) is 0 Å². The first-order valence-electron chi connectivity index (χ1n) is 6.11. The van der Waals surface area contributed by atoms with Crippen LogP contribution in [0.15, 0.2) is 58.8 Å². The molecule has 1 heterocycles. The van der Waals surface area contributed by atoms with Crippen LogP contribution in [0.1, 0.15) is 11.1 Å². The Morgan fingerprint density at radius 2 is 1.25 bits per heavy atom. The van der Waals surface area contributed by atoms with E-state index in [0.29, 0.717) is 0 Å². The number of nitrogens with zero attached hydrogens (tertiary/aromatic N) is 2. The molecule has 0 spiro atoms. The first kappa shape index (κ1) is 12.8. The topological polar surface area (TPSA) is 24.7 Å². The average molecular weight is 276 g/mol. The fourth-order valence-corrected chi connectivity index (χ4v) is 2.08. The van der Waals surface area contributed by atoms with E-state index < -0.39 is 11.8 Å². The minimum absolute atomic E-state index is 0.0564. The van der Waals surface area contributed by atoms with Gasteiger partial charge in [0.2, 0.25) is 0 Å². The van der Waals surface area contributed by atoms with Gasteiger partial charge in [-0.05, 0) is 18.1 Å². The van der Waals surface area contributed by atoms with Crippen molar-refractivity contribution in [1.82, 2.24) is 0 Å². The molecule has 0 saturated heterocycles. The van der Waals surface area contributed by atoms with E-state index in [-0.39, 0.29) is 5.56 Å². The molecule has 5 heteroatoms. The first-order valence-corrected chi connectivity index (χ1v) is 6.11. The van der Waals surface area contributed by atoms with Gasteiger partial charge in [0.05, 0.1) is 0 Å². The van der Waals surface area contributed by atoms with Crippen molar-refractivity contribution in [2.24, 2.45) is 10.2 Å². The Balaban J connectivity index is 1.91. The number of aryl methyl sites for hydroxylation is 1. The molecule has 1 aliphatic heterocycles. The zero-order chi connectivity index (χ0) is 14.4. The Morgan fingerprint density at radius 3 is 1.65 bits per heavy atom. The molecule has 0 N–H and O–H groups in total. The second-order valence-electron chi connectivity index (χ2n) is 4.81. The average Bonchev–Trinajstić information content (AvgIpc) is 3.21. The maximum absolute atomic E-state index is 12.9. The van der Waals surface area contributed by atoms with Gasteiger partial charge in [-0.3, -0.25) is 0 Å². The monoisotopic (exact) mass is 276 g/mol. The van der Waals surface area contributed by atoms with Gasteiger partial charge in [-0.15, -0.1) is 10.2 Å². The number of halogens is 3. The van der Waals surface area contributed by atoms with Crippen molar-refractivity contribution in [2.75, 3.05) is 0 Å². The molecule has 0 amide bonds. The zero-order valence-electron chi connectivity index (χ0n) is 10.6. The van der Waals surface area contributed by atoms with E-state index in [1.165, 1.54) is 12.1 Å². The van der Waals surface area contributed by atoms with E-state index in [2.05, 4.69) is 10.2 Å². The van der Waals surface area contributed by atoms with Crippen molar-refractivity contribution in [1.29, 1.82) is 0 Å². The van der Waals surface area contributed by atoms with Gasteiger partial charge < -0.3 is 0 Å². The van der Waals surface area contributed by atoms with Crippen LogP contribution in [0.4, 0.5) is 13.2 Å². The summed E-state index contributed by atoms with van der Waals surface area (Å²) in [5.74, 6) is 0. The molecule has 0 aromatic heterocycles. The van der Waals surface area contributed by atoms with Crippen LogP contribution in [0, 0.1) is 6.92 Å². The first-order chi connectivity index (χ1) is 9.42. The SMILES string of the molecule is Cc1ccc(-c2ccc(C3(C(F)(F)F)N=N3)cc2)cc1. The second kappa shape index (κ2) is 4.16. The lowest BCUT2D eigenvalue weighted by atomic mass is 9.98. The van der Waals surface area contributed by atoms with E-state index in [0.717, 1.165) is 16.7 Å². The molecule has 2 aromatic carbocycles. The third-order valence-electron chi connectivity index (χ3n) is 3.37. The summed E-state index contributed by atoms with van der Waals surface area (Å²) in [5.41, 5.74) is 0.691. The van der Waals surface area contributed by atoms with Crippen LogP contribution >= 0.6 is 0 Å². The van der Waals surface area contributed by atoms with Gasteiger partial charge in [-0.1, -0.05) is 54.1 Å². The van der Waals surface area contributed by atoms with Gasteiger partial charge in [0, 0.05) is 5.56 Å². The highest BCUT2D eigenvalue weighted by molar-refractivity contribution is 5.64. The standard InChI is InChI=1S/C15H11F3N2/c1-10-2-4-11(5-3-10)12-6-8-13(9-7-12)14(19-20-14)15(16,17)18/h2-9H,1H3. The molecule has 3 rings (SSSR count). The lowest BCUT2D eigenvalue weighted by Gasteiger charge is -2.15. The largest absolute Gasteiger partial charge is 0.442 e. The molecule has 0 saturated carbocycles. The highest BCUT2D eigenvalue weighted by Gasteiger charge is 2.65. The zero-order valence-corrected chi connectivity index (χ0v) is 10.6. The molecule has 0 atom stereocenters. The van der Waals surface area contributed by atoms with Gasteiger partial charge >= 0.3 is 11.8 Å². The van der Waals surface area contributed by atoms with Crippen LogP contribution < -0.4 is 0 Å². The quantitative estimate of drug-likeness (QED) is 0.749. The number of alkyl halides is 3. The normalized spacial score (nSPS) is 16.2. The highest BCUT2D eigenvalue weighted by atomic mass is 19.4. The molecular weight excluding hydrogens is 265 g/mol. The van der Waals surface area contributed by atoms with Crippen LogP contribution in [-0.2, 0) is 5.66 Å².